The van der Waals surface area contributed by atoms with Crippen LogP contribution in [0.1, 0.15) is 207 Å². The largest absolute Gasteiger partial charge is 0.465 e. The Morgan fingerprint density at radius 1 is 0.540 bits per heavy atom. The second-order valence-corrected chi connectivity index (χ2v) is 15.1. The molecular formula is C44H85NO5. The van der Waals surface area contributed by atoms with Gasteiger partial charge in [-0.2, -0.15) is 0 Å². The summed E-state index contributed by atoms with van der Waals surface area (Å²) in [5, 5.41) is 9.31. The monoisotopic (exact) mass is 708 g/mol. The molecule has 0 fully saturated rings. The van der Waals surface area contributed by atoms with Crippen LogP contribution in [0.3, 0.4) is 0 Å². The smallest absolute Gasteiger partial charge is 0.305 e. The molecule has 0 aliphatic rings. The van der Waals surface area contributed by atoms with Gasteiger partial charge >= 0.3 is 11.9 Å². The second-order valence-electron chi connectivity index (χ2n) is 15.1. The molecule has 0 heterocycles. The molecule has 6 heteroatoms. The molecule has 0 aromatic heterocycles. The van der Waals surface area contributed by atoms with Crippen LogP contribution in [0.4, 0.5) is 0 Å². The third-order valence-corrected chi connectivity index (χ3v) is 10.2. The molecule has 0 radical (unpaired) electrons. The van der Waals surface area contributed by atoms with Gasteiger partial charge in [0.05, 0.1) is 13.2 Å². The molecule has 0 aliphatic carbocycles. The van der Waals surface area contributed by atoms with Gasteiger partial charge in [0.25, 0.3) is 0 Å². The fraction of sp³-hybridized carbons (Fsp3) is 0.909. The van der Waals surface area contributed by atoms with E-state index in [9.17, 15) is 14.7 Å². The number of carbonyl (C=O) groups excluding carboxylic acids is 2. The zero-order chi connectivity index (χ0) is 36.8. The van der Waals surface area contributed by atoms with Gasteiger partial charge in [-0.3, -0.25) is 9.59 Å². The zero-order valence-electron chi connectivity index (χ0n) is 33.7. The Morgan fingerprint density at radius 2 is 0.920 bits per heavy atom. The molecule has 296 valence electrons. The number of nitrogens with zero attached hydrogens (tertiary/aromatic N) is 1. The molecule has 0 bridgehead atoms. The summed E-state index contributed by atoms with van der Waals surface area (Å²) in [4.78, 5) is 27.8. The quantitative estimate of drug-likeness (QED) is 0.0388. The average Bonchev–Trinajstić information content (AvgIpc) is 3.11. The van der Waals surface area contributed by atoms with Crippen LogP contribution in [0.25, 0.3) is 0 Å². The lowest BCUT2D eigenvalue weighted by Crippen LogP contribution is -2.28. The van der Waals surface area contributed by atoms with Gasteiger partial charge in [0.2, 0.25) is 0 Å². The van der Waals surface area contributed by atoms with Crippen molar-refractivity contribution in [1.82, 2.24) is 4.90 Å². The molecule has 2 unspecified atom stereocenters. The van der Waals surface area contributed by atoms with Gasteiger partial charge in [-0.15, -0.1) is 6.58 Å². The van der Waals surface area contributed by atoms with Gasteiger partial charge in [-0.1, -0.05) is 136 Å². The SMILES string of the molecule is C=CCCCCCCC(CCCCCC)COC(=O)CCCN(CCCCO)CCCC(=O)OCC(CCCCCC)CCCCCCCC. The van der Waals surface area contributed by atoms with Crippen LogP contribution >= 0.6 is 0 Å². The molecule has 0 saturated carbocycles. The fourth-order valence-corrected chi connectivity index (χ4v) is 6.87. The summed E-state index contributed by atoms with van der Waals surface area (Å²) in [6, 6.07) is 0. The molecule has 0 amide bonds. The molecule has 1 N–H and O–H groups in total. The van der Waals surface area contributed by atoms with E-state index in [0.717, 1.165) is 64.6 Å². The Balaban J connectivity index is 4.61. The van der Waals surface area contributed by atoms with Crippen LogP contribution in [0.15, 0.2) is 12.7 Å². The van der Waals surface area contributed by atoms with Crippen molar-refractivity contribution in [2.45, 2.75) is 207 Å². The van der Waals surface area contributed by atoms with Crippen molar-refractivity contribution in [3.63, 3.8) is 0 Å². The maximum absolute atomic E-state index is 12.7. The predicted octanol–water partition coefficient (Wildman–Crippen LogP) is 12.2. The number of ether oxygens (including phenoxy) is 2. The van der Waals surface area contributed by atoms with Crippen LogP contribution in [0, 0.1) is 11.8 Å². The van der Waals surface area contributed by atoms with Gasteiger partial charge in [0.1, 0.15) is 0 Å². The normalized spacial score (nSPS) is 12.7. The van der Waals surface area contributed by atoms with E-state index in [2.05, 4.69) is 32.3 Å². The van der Waals surface area contributed by atoms with Crippen LogP contribution < -0.4 is 0 Å². The maximum atomic E-state index is 12.7. The molecule has 0 aromatic rings. The number of aliphatic hydroxyl groups is 1. The number of esters is 2. The first-order chi connectivity index (χ1) is 24.5. The number of hydrogen-bond acceptors (Lipinski definition) is 6. The first-order valence-electron chi connectivity index (χ1n) is 21.8. The van der Waals surface area contributed by atoms with Crippen molar-refractivity contribution in [1.29, 1.82) is 0 Å². The Labute approximate surface area is 311 Å². The summed E-state index contributed by atoms with van der Waals surface area (Å²) < 4.78 is 11.6. The first-order valence-corrected chi connectivity index (χ1v) is 21.8. The molecule has 0 aliphatic heterocycles. The summed E-state index contributed by atoms with van der Waals surface area (Å²) >= 11 is 0. The number of allylic oxidation sites excluding steroid dienone is 1. The van der Waals surface area contributed by atoms with Gasteiger partial charge < -0.3 is 19.5 Å². The molecule has 6 nitrogen and oxygen atoms in total. The topological polar surface area (TPSA) is 76.1 Å². The molecular weight excluding hydrogens is 622 g/mol. The van der Waals surface area contributed by atoms with Crippen LogP contribution in [0.2, 0.25) is 0 Å². The van der Waals surface area contributed by atoms with E-state index in [1.807, 2.05) is 6.08 Å². The lowest BCUT2D eigenvalue weighted by molar-refractivity contribution is -0.146. The summed E-state index contributed by atoms with van der Waals surface area (Å²) in [5.41, 5.74) is 0. The van der Waals surface area contributed by atoms with Crippen molar-refractivity contribution in [3.8, 4) is 0 Å². The summed E-state index contributed by atoms with van der Waals surface area (Å²) in [6.07, 6.45) is 34.6. The molecule has 50 heavy (non-hydrogen) atoms. The van der Waals surface area contributed by atoms with Gasteiger partial charge in [0.15, 0.2) is 0 Å². The minimum atomic E-state index is -0.0846. The van der Waals surface area contributed by atoms with E-state index in [0.29, 0.717) is 37.9 Å². The second kappa shape index (κ2) is 38.8. The number of carbonyl (C=O) groups is 2. The number of hydrogen-bond donors (Lipinski definition) is 1. The third kappa shape index (κ3) is 33.7. The van der Waals surface area contributed by atoms with Gasteiger partial charge in [-0.05, 0) is 95.7 Å². The Kier molecular flexibility index (Phi) is 37.7. The molecule has 2 atom stereocenters. The minimum absolute atomic E-state index is 0.0774. The summed E-state index contributed by atoms with van der Waals surface area (Å²) in [5.74, 6) is 0.794. The Hall–Kier alpha value is -1.40. The van der Waals surface area contributed by atoms with Crippen molar-refractivity contribution >= 4 is 11.9 Å². The third-order valence-electron chi connectivity index (χ3n) is 10.2. The molecule has 0 aromatic carbocycles. The highest BCUT2D eigenvalue weighted by Gasteiger charge is 2.15. The van der Waals surface area contributed by atoms with Crippen molar-refractivity contribution in [2.24, 2.45) is 11.8 Å². The van der Waals surface area contributed by atoms with Gasteiger partial charge in [-0.25, -0.2) is 0 Å². The standard InChI is InChI=1S/C44H85NO5/c1-5-9-13-17-19-23-31-41(29-21-15-11-7-3)39-49-43(47)33-27-36-45(35-25-26-38-46)37-28-34-44(48)50-40-42(30-22-16-12-8-4)32-24-20-18-14-10-6-2/h5,41-42,46H,1,6-40H2,2-4H3. The van der Waals surface area contributed by atoms with Crippen molar-refractivity contribution < 1.29 is 24.2 Å². The van der Waals surface area contributed by atoms with Crippen molar-refractivity contribution in [3.05, 3.63) is 12.7 Å². The van der Waals surface area contributed by atoms with E-state index >= 15 is 0 Å². The fourth-order valence-electron chi connectivity index (χ4n) is 6.87. The lowest BCUT2D eigenvalue weighted by Gasteiger charge is -2.22. The molecule has 0 rings (SSSR count). The average molecular weight is 708 g/mol. The Morgan fingerprint density at radius 3 is 1.34 bits per heavy atom. The van der Waals surface area contributed by atoms with Crippen LogP contribution in [-0.4, -0.2) is 61.4 Å². The van der Waals surface area contributed by atoms with E-state index in [-0.39, 0.29) is 18.5 Å². The minimum Gasteiger partial charge on any atom is -0.465 e. The highest BCUT2D eigenvalue weighted by atomic mass is 16.5. The lowest BCUT2D eigenvalue weighted by atomic mass is 9.95. The highest BCUT2D eigenvalue weighted by molar-refractivity contribution is 5.69. The van der Waals surface area contributed by atoms with E-state index in [1.54, 1.807) is 0 Å². The maximum Gasteiger partial charge on any atom is 0.305 e. The molecule has 0 spiro atoms. The van der Waals surface area contributed by atoms with Crippen LogP contribution in [0.5, 0.6) is 0 Å². The number of aliphatic hydroxyl groups excluding tert-OH is 1. The number of unbranched alkanes of at least 4 members (excludes halogenated alkanes) is 16. The predicted molar refractivity (Wildman–Crippen MR) is 214 cm³/mol. The Bertz CT molecular complexity index is 744. The van der Waals surface area contributed by atoms with Crippen LogP contribution in [-0.2, 0) is 19.1 Å². The first kappa shape index (κ1) is 48.6. The van der Waals surface area contributed by atoms with E-state index in [1.165, 1.54) is 128 Å². The summed E-state index contributed by atoms with van der Waals surface area (Å²) in [6.45, 7) is 14.4. The summed E-state index contributed by atoms with van der Waals surface area (Å²) in [7, 11) is 0. The number of rotatable bonds is 40. The zero-order valence-corrected chi connectivity index (χ0v) is 33.7. The highest BCUT2D eigenvalue weighted by Crippen LogP contribution is 2.21. The molecule has 0 saturated heterocycles. The van der Waals surface area contributed by atoms with Crippen molar-refractivity contribution in [2.75, 3.05) is 39.5 Å². The van der Waals surface area contributed by atoms with Gasteiger partial charge in [0, 0.05) is 19.4 Å². The van der Waals surface area contributed by atoms with E-state index in [4.69, 9.17) is 9.47 Å². The van der Waals surface area contributed by atoms with E-state index < -0.39 is 0 Å².